The highest BCUT2D eigenvalue weighted by atomic mass is 32.1. The summed E-state index contributed by atoms with van der Waals surface area (Å²) in [4.78, 5) is 24.2. The van der Waals surface area contributed by atoms with Gasteiger partial charge in [0.1, 0.15) is 4.83 Å². The Bertz CT molecular complexity index is 1240. The smallest absolute Gasteiger partial charge is 0.262 e. The normalized spacial score (nSPS) is 15.8. The van der Waals surface area contributed by atoms with Gasteiger partial charge in [0.05, 0.1) is 18.3 Å². The SMILES string of the molecule is Cc1ccc(Cn2cnc3sc4c(c3c2=O)CCC(NCCc2ccncc2)C4)cc1. The second kappa shape index (κ2) is 8.73. The van der Waals surface area contributed by atoms with Crippen molar-refractivity contribution in [3.05, 3.63) is 92.6 Å². The van der Waals surface area contributed by atoms with Crippen molar-refractivity contribution in [3.8, 4) is 0 Å². The quantitative estimate of drug-likeness (QED) is 0.504. The van der Waals surface area contributed by atoms with Gasteiger partial charge in [-0.15, -0.1) is 11.3 Å². The molecule has 5 nitrogen and oxygen atoms in total. The highest BCUT2D eigenvalue weighted by Crippen LogP contribution is 2.33. The van der Waals surface area contributed by atoms with Crippen molar-refractivity contribution in [2.45, 2.75) is 45.2 Å². The number of nitrogens with one attached hydrogen (secondary N) is 1. The fraction of sp³-hybridized carbons (Fsp3) is 0.320. The van der Waals surface area contributed by atoms with E-state index in [2.05, 4.69) is 58.6 Å². The van der Waals surface area contributed by atoms with Gasteiger partial charge in [-0.3, -0.25) is 14.3 Å². The van der Waals surface area contributed by atoms with Gasteiger partial charge in [0.25, 0.3) is 5.56 Å². The number of rotatable bonds is 6. The molecule has 1 N–H and O–H groups in total. The summed E-state index contributed by atoms with van der Waals surface area (Å²) in [5, 5.41) is 4.54. The first-order valence-corrected chi connectivity index (χ1v) is 11.7. The maximum atomic E-state index is 13.3. The number of nitrogens with zero attached hydrogens (tertiary/aromatic N) is 3. The lowest BCUT2D eigenvalue weighted by Gasteiger charge is -2.23. The highest BCUT2D eigenvalue weighted by molar-refractivity contribution is 7.18. The molecular formula is C25H26N4OS. The Morgan fingerprint density at radius 3 is 2.74 bits per heavy atom. The molecule has 5 rings (SSSR count). The fourth-order valence-electron chi connectivity index (χ4n) is 4.35. The molecule has 0 saturated carbocycles. The highest BCUT2D eigenvalue weighted by Gasteiger charge is 2.25. The average Bonchev–Trinajstić information content (AvgIpc) is 3.16. The molecule has 6 heteroatoms. The van der Waals surface area contributed by atoms with Gasteiger partial charge in [0.2, 0.25) is 0 Å². The third kappa shape index (κ3) is 4.31. The van der Waals surface area contributed by atoms with Crippen LogP contribution in [0.5, 0.6) is 0 Å². The van der Waals surface area contributed by atoms with Crippen LogP contribution in [-0.2, 0) is 25.8 Å². The molecule has 158 valence electrons. The van der Waals surface area contributed by atoms with E-state index in [0.717, 1.165) is 48.0 Å². The maximum Gasteiger partial charge on any atom is 0.262 e. The zero-order valence-electron chi connectivity index (χ0n) is 17.7. The van der Waals surface area contributed by atoms with Crippen LogP contribution in [0.1, 0.15) is 33.6 Å². The van der Waals surface area contributed by atoms with Crippen molar-refractivity contribution in [3.63, 3.8) is 0 Å². The molecular weight excluding hydrogens is 404 g/mol. The summed E-state index contributed by atoms with van der Waals surface area (Å²) in [5.41, 5.74) is 4.96. The van der Waals surface area contributed by atoms with Crippen molar-refractivity contribution in [1.29, 1.82) is 0 Å². The van der Waals surface area contributed by atoms with E-state index in [0.29, 0.717) is 12.6 Å². The van der Waals surface area contributed by atoms with Crippen molar-refractivity contribution in [1.82, 2.24) is 19.9 Å². The molecule has 0 aliphatic heterocycles. The Morgan fingerprint density at radius 1 is 1.13 bits per heavy atom. The third-order valence-electron chi connectivity index (χ3n) is 6.11. The van der Waals surface area contributed by atoms with E-state index in [9.17, 15) is 4.79 Å². The largest absolute Gasteiger partial charge is 0.313 e. The zero-order valence-corrected chi connectivity index (χ0v) is 18.5. The second-order valence-corrected chi connectivity index (χ2v) is 9.43. The lowest BCUT2D eigenvalue weighted by molar-refractivity contribution is 0.466. The average molecular weight is 431 g/mol. The molecule has 1 aromatic carbocycles. The summed E-state index contributed by atoms with van der Waals surface area (Å²) in [6.45, 7) is 3.59. The number of aromatic nitrogens is 3. The number of fused-ring (bicyclic) bond motifs is 3. The molecule has 31 heavy (non-hydrogen) atoms. The van der Waals surface area contributed by atoms with Crippen LogP contribution in [0.25, 0.3) is 10.2 Å². The summed E-state index contributed by atoms with van der Waals surface area (Å²) in [7, 11) is 0. The van der Waals surface area contributed by atoms with E-state index < -0.39 is 0 Å². The first-order chi connectivity index (χ1) is 15.2. The van der Waals surface area contributed by atoms with E-state index >= 15 is 0 Å². The molecule has 4 aromatic rings. The molecule has 1 aliphatic rings. The summed E-state index contributed by atoms with van der Waals surface area (Å²) < 4.78 is 1.75. The summed E-state index contributed by atoms with van der Waals surface area (Å²) in [6, 6.07) is 12.9. The fourth-order valence-corrected chi connectivity index (χ4v) is 5.61. The molecule has 0 radical (unpaired) electrons. The number of hydrogen-bond acceptors (Lipinski definition) is 5. The van der Waals surface area contributed by atoms with E-state index in [4.69, 9.17) is 0 Å². The van der Waals surface area contributed by atoms with Crippen LogP contribution in [0.2, 0.25) is 0 Å². The van der Waals surface area contributed by atoms with Gasteiger partial charge in [-0.05, 0) is 68.0 Å². The Kier molecular flexibility index (Phi) is 5.66. The van der Waals surface area contributed by atoms with Crippen LogP contribution in [0.4, 0.5) is 0 Å². The number of pyridine rings is 1. The van der Waals surface area contributed by atoms with E-state index in [-0.39, 0.29) is 5.56 Å². The van der Waals surface area contributed by atoms with Gasteiger partial charge in [-0.2, -0.15) is 0 Å². The van der Waals surface area contributed by atoms with Gasteiger partial charge in [-0.25, -0.2) is 4.98 Å². The lowest BCUT2D eigenvalue weighted by atomic mass is 9.93. The topological polar surface area (TPSA) is 59.8 Å². The molecule has 0 amide bonds. The minimum Gasteiger partial charge on any atom is -0.313 e. The Morgan fingerprint density at radius 2 is 1.94 bits per heavy atom. The molecule has 1 atom stereocenters. The number of aryl methyl sites for hydroxylation is 2. The van der Waals surface area contributed by atoms with Crippen molar-refractivity contribution < 1.29 is 0 Å². The van der Waals surface area contributed by atoms with Crippen molar-refractivity contribution >= 4 is 21.6 Å². The Hall–Kier alpha value is -2.83. The molecule has 1 unspecified atom stereocenters. The van der Waals surface area contributed by atoms with Gasteiger partial charge in [0, 0.05) is 23.3 Å². The van der Waals surface area contributed by atoms with Gasteiger partial charge >= 0.3 is 0 Å². The first-order valence-electron chi connectivity index (χ1n) is 10.8. The minimum absolute atomic E-state index is 0.0900. The van der Waals surface area contributed by atoms with E-state index in [1.165, 1.54) is 21.6 Å². The summed E-state index contributed by atoms with van der Waals surface area (Å²) in [5.74, 6) is 0. The first kappa shape index (κ1) is 20.1. The van der Waals surface area contributed by atoms with Gasteiger partial charge in [-0.1, -0.05) is 29.8 Å². The van der Waals surface area contributed by atoms with Crippen molar-refractivity contribution in [2.75, 3.05) is 6.54 Å². The monoisotopic (exact) mass is 430 g/mol. The van der Waals surface area contributed by atoms with Crippen LogP contribution in [0.3, 0.4) is 0 Å². The predicted octanol–water partition coefficient (Wildman–Crippen LogP) is 3.90. The second-order valence-electron chi connectivity index (χ2n) is 8.35. The van der Waals surface area contributed by atoms with Crippen LogP contribution in [0, 0.1) is 6.92 Å². The summed E-state index contributed by atoms with van der Waals surface area (Å²) >= 11 is 1.69. The molecule has 0 spiro atoms. The molecule has 1 aliphatic carbocycles. The molecule has 0 fully saturated rings. The predicted molar refractivity (Wildman–Crippen MR) is 126 cm³/mol. The van der Waals surface area contributed by atoms with Crippen LogP contribution in [-0.4, -0.2) is 27.1 Å². The Balaban J connectivity index is 1.31. The van der Waals surface area contributed by atoms with E-state index in [1.54, 1.807) is 22.2 Å². The zero-order chi connectivity index (χ0) is 21.2. The summed E-state index contributed by atoms with van der Waals surface area (Å²) in [6.07, 6.45) is 9.37. The maximum absolute atomic E-state index is 13.3. The Labute approximate surface area is 185 Å². The molecule has 0 saturated heterocycles. The number of thiophene rings is 1. The van der Waals surface area contributed by atoms with Gasteiger partial charge in [0.15, 0.2) is 0 Å². The lowest BCUT2D eigenvalue weighted by Crippen LogP contribution is -2.35. The van der Waals surface area contributed by atoms with Crippen LogP contribution >= 0.6 is 11.3 Å². The standard InChI is InChI=1S/C25H26N4OS/c1-17-2-4-19(5-3-17)15-29-16-28-24-23(25(29)30)21-7-6-20(14-22(21)31-24)27-13-10-18-8-11-26-12-9-18/h2-5,8-9,11-12,16,20,27H,6-7,10,13-15H2,1H3. The van der Waals surface area contributed by atoms with Crippen LogP contribution in [0.15, 0.2) is 59.9 Å². The van der Waals surface area contributed by atoms with Crippen molar-refractivity contribution in [2.24, 2.45) is 0 Å². The third-order valence-corrected chi connectivity index (χ3v) is 7.27. The minimum atomic E-state index is 0.0900. The molecule has 3 aromatic heterocycles. The number of hydrogen-bond donors (Lipinski definition) is 1. The number of benzene rings is 1. The van der Waals surface area contributed by atoms with Crippen LogP contribution < -0.4 is 10.9 Å². The van der Waals surface area contributed by atoms with E-state index in [1.807, 2.05) is 12.4 Å². The van der Waals surface area contributed by atoms with Gasteiger partial charge < -0.3 is 5.32 Å². The molecule has 0 bridgehead atoms. The molecule has 3 heterocycles.